The first-order chi connectivity index (χ1) is 16.5. The lowest BCUT2D eigenvalue weighted by Crippen LogP contribution is -2.40. The van der Waals surface area contributed by atoms with Gasteiger partial charge in [0.15, 0.2) is 5.75 Å². The second kappa shape index (κ2) is 10.6. The number of rotatable bonds is 8. The Morgan fingerprint density at radius 2 is 1.85 bits per heavy atom. The highest BCUT2D eigenvalue weighted by molar-refractivity contribution is 7.89. The fourth-order valence-electron chi connectivity index (χ4n) is 3.41. The maximum Gasteiger partial charge on any atom is 0.261 e. The van der Waals surface area contributed by atoms with Gasteiger partial charge < -0.3 is 19.5 Å². The third-order valence-corrected chi connectivity index (χ3v) is 6.97. The summed E-state index contributed by atoms with van der Waals surface area (Å²) in [6.45, 7) is 3.33. The number of para-hydroxylation sites is 1. The van der Waals surface area contributed by atoms with Crippen molar-refractivity contribution in [3.63, 3.8) is 0 Å². The Bertz CT molecular complexity index is 1240. The minimum Gasteiger partial charge on any atom is -0.477 e. The van der Waals surface area contributed by atoms with Gasteiger partial charge in [0.25, 0.3) is 5.91 Å². The number of ether oxygens (including phenoxy) is 3. The van der Waals surface area contributed by atoms with E-state index in [4.69, 9.17) is 14.2 Å². The number of morpholine rings is 1. The summed E-state index contributed by atoms with van der Waals surface area (Å²) in [6, 6.07) is 16.6. The zero-order valence-electron chi connectivity index (χ0n) is 18.6. The Hall–Kier alpha value is -3.47. The van der Waals surface area contributed by atoms with E-state index >= 15 is 0 Å². The van der Waals surface area contributed by atoms with E-state index in [-0.39, 0.29) is 35.1 Å². The van der Waals surface area contributed by atoms with Crippen molar-refractivity contribution >= 4 is 21.6 Å². The van der Waals surface area contributed by atoms with Crippen LogP contribution in [0.3, 0.4) is 0 Å². The molecule has 3 aromatic rings. The second-order valence-electron chi connectivity index (χ2n) is 7.33. The van der Waals surface area contributed by atoms with Crippen LogP contribution in [0, 0.1) is 0 Å². The molecular formula is C24H25N3O6S. The first kappa shape index (κ1) is 23.7. The van der Waals surface area contributed by atoms with Crippen LogP contribution in [0.1, 0.15) is 17.3 Å². The molecule has 0 radical (unpaired) electrons. The zero-order chi connectivity index (χ0) is 24.0. The van der Waals surface area contributed by atoms with Crippen molar-refractivity contribution in [2.75, 3.05) is 38.2 Å². The summed E-state index contributed by atoms with van der Waals surface area (Å²) in [7, 11) is -3.78. The van der Waals surface area contributed by atoms with Crippen LogP contribution in [-0.2, 0) is 14.8 Å². The van der Waals surface area contributed by atoms with Crippen LogP contribution in [0.15, 0.2) is 71.8 Å². The summed E-state index contributed by atoms with van der Waals surface area (Å²) < 4.78 is 44.4. The molecule has 34 heavy (non-hydrogen) atoms. The Balaban J connectivity index is 1.70. The number of benzene rings is 2. The number of carbonyl (C=O) groups excluding carboxylic acids is 1. The largest absolute Gasteiger partial charge is 0.477 e. The number of aromatic nitrogens is 1. The molecule has 0 bridgehead atoms. The van der Waals surface area contributed by atoms with Gasteiger partial charge in [-0.1, -0.05) is 18.2 Å². The maximum atomic E-state index is 13.2. The molecule has 1 aliphatic heterocycles. The zero-order valence-corrected chi connectivity index (χ0v) is 19.5. The minimum atomic E-state index is -3.78. The van der Waals surface area contributed by atoms with Crippen LogP contribution in [-0.4, -0.2) is 56.5 Å². The van der Waals surface area contributed by atoms with Crippen LogP contribution < -0.4 is 14.8 Å². The maximum absolute atomic E-state index is 13.2. The minimum absolute atomic E-state index is 0.0429. The third kappa shape index (κ3) is 5.36. The highest BCUT2D eigenvalue weighted by atomic mass is 32.2. The van der Waals surface area contributed by atoms with Gasteiger partial charge in [-0.3, -0.25) is 4.79 Å². The highest BCUT2D eigenvalue weighted by Crippen LogP contribution is 2.33. The Morgan fingerprint density at radius 1 is 1.09 bits per heavy atom. The molecule has 0 saturated carbocycles. The number of hydrogen-bond donors (Lipinski definition) is 1. The molecule has 1 fully saturated rings. The number of nitrogens with zero attached hydrogens (tertiary/aromatic N) is 2. The molecule has 1 aliphatic rings. The average molecular weight is 484 g/mol. The third-order valence-electron chi connectivity index (χ3n) is 5.07. The van der Waals surface area contributed by atoms with Gasteiger partial charge in [0.2, 0.25) is 15.9 Å². The van der Waals surface area contributed by atoms with Crippen molar-refractivity contribution < 1.29 is 27.4 Å². The van der Waals surface area contributed by atoms with E-state index in [0.29, 0.717) is 31.3 Å². The summed E-state index contributed by atoms with van der Waals surface area (Å²) >= 11 is 0. The van der Waals surface area contributed by atoms with Gasteiger partial charge in [-0.15, -0.1) is 0 Å². The Labute approximate surface area is 198 Å². The van der Waals surface area contributed by atoms with E-state index in [0.717, 1.165) is 0 Å². The smallest absolute Gasteiger partial charge is 0.261 e. The molecule has 0 unspecified atom stereocenters. The van der Waals surface area contributed by atoms with E-state index in [9.17, 15) is 13.2 Å². The quantitative estimate of drug-likeness (QED) is 0.522. The molecule has 1 N–H and O–H groups in total. The lowest BCUT2D eigenvalue weighted by molar-refractivity contribution is 0.0730. The van der Waals surface area contributed by atoms with Crippen LogP contribution in [0.25, 0.3) is 0 Å². The molecule has 1 aromatic heterocycles. The first-order valence-electron chi connectivity index (χ1n) is 10.8. The molecular weight excluding hydrogens is 458 g/mol. The number of amides is 1. The van der Waals surface area contributed by atoms with Gasteiger partial charge in [0.05, 0.1) is 30.4 Å². The van der Waals surface area contributed by atoms with Crippen molar-refractivity contribution in [3.05, 3.63) is 72.4 Å². The average Bonchev–Trinajstić information content (AvgIpc) is 2.86. The standard InChI is InChI=1S/C24H25N3O6S/c1-2-32-24-20(9-6-12-25-24)23(28)26-21-17-19(34(29,30)27-13-15-31-16-14-27)10-11-22(21)33-18-7-4-3-5-8-18/h3-12,17H,2,13-16H2,1H3,(H,26,28). The molecule has 2 heterocycles. The normalized spacial score (nSPS) is 14.4. The molecule has 0 aliphatic carbocycles. The molecule has 9 nitrogen and oxygen atoms in total. The van der Waals surface area contributed by atoms with Gasteiger partial charge in [-0.25, -0.2) is 13.4 Å². The van der Waals surface area contributed by atoms with E-state index in [1.807, 2.05) is 18.2 Å². The lowest BCUT2D eigenvalue weighted by Gasteiger charge is -2.26. The van der Waals surface area contributed by atoms with Crippen LogP contribution >= 0.6 is 0 Å². The predicted molar refractivity (Wildman–Crippen MR) is 126 cm³/mol. The molecule has 4 rings (SSSR count). The van der Waals surface area contributed by atoms with E-state index in [1.165, 1.54) is 28.7 Å². The topological polar surface area (TPSA) is 107 Å². The summed E-state index contributed by atoms with van der Waals surface area (Å²) in [4.78, 5) is 17.3. The van der Waals surface area contributed by atoms with Gasteiger partial charge in [0.1, 0.15) is 11.3 Å². The number of hydrogen-bond acceptors (Lipinski definition) is 7. The van der Waals surface area contributed by atoms with Gasteiger partial charge >= 0.3 is 0 Å². The summed E-state index contributed by atoms with van der Waals surface area (Å²) in [5, 5.41) is 2.77. The summed E-state index contributed by atoms with van der Waals surface area (Å²) in [6.07, 6.45) is 1.53. The Kier molecular flexibility index (Phi) is 7.41. The molecule has 1 saturated heterocycles. The molecule has 2 aromatic carbocycles. The van der Waals surface area contributed by atoms with E-state index in [1.54, 1.807) is 31.2 Å². The van der Waals surface area contributed by atoms with Crippen molar-refractivity contribution in [2.24, 2.45) is 0 Å². The number of carbonyl (C=O) groups is 1. The molecule has 0 spiro atoms. The highest BCUT2D eigenvalue weighted by Gasteiger charge is 2.28. The number of nitrogens with one attached hydrogen (secondary N) is 1. The van der Waals surface area contributed by atoms with E-state index < -0.39 is 15.9 Å². The Morgan fingerprint density at radius 3 is 2.59 bits per heavy atom. The monoisotopic (exact) mass is 483 g/mol. The number of sulfonamides is 1. The molecule has 178 valence electrons. The molecule has 0 atom stereocenters. The van der Waals surface area contributed by atoms with Crippen LogP contribution in [0.2, 0.25) is 0 Å². The van der Waals surface area contributed by atoms with Crippen molar-refractivity contribution in [2.45, 2.75) is 11.8 Å². The fourth-order valence-corrected chi connectivity index (χ4v) is 4.85. The summed E-state index contributed by atoms with van der Waals surface area (Å²) in [5.41, 5.74) is 0.422. The van der Waals surface area contributed by atoms with Crippen molar-refractivity contribution in [1.82, 2.24) is 9.29 Å². The van der Waals surface area contributed by atoms with Gasteiger partial charge in [0, 0.05) is 19.3 Å². The van der Waals surface area contributed by atoms with E-state index in [2.05, 4.69) is 10.3 Å². The van der Waals surface area contributed by atoms with Crippen molar-refractivity contribution in [3.8, 4) is 17.4 Å². The first-order valence-corrected chi connectivity index (χ1v) is 12.3. The predicted octanol–water partition coefficient (Wildman–Crippen LogP) is 3.55. The van der Waals surface area contributed by atoms with Crippen LogP contribution in [0.5, 0.6) is 17.4 Å². The van der Waals surface area contributed by atoms with Crippen molar-refractivity contribution in [1.29, 1.82) is 0 Å². The van der Waals surface area contributed by atoms with Crippen LogP contribution in [0.4, 0.5) is 5.69 Å². The lowest BCUT2D eigenvalue weighted by atomic mass is 10.2. The SMILES string of the molecule is CCOc1ncccc1C(=O)Nc1cc(S(=O)(=O)N2CCOCC2)ccc1Oc1ccccc1. The molecule has 1 amide bonds. The van der Waals surface area contributed by atoms with Gasteiger partial charge in [-0.2, -0.15) is 4.31 Å². The second-order valence-corrected chi connectivity index (χ2v) is 9.27. The number of pyridine rings is 1. The number of anilines is 1. The fraction of sp³-hybridized carbons (Fsp3) is 0.250. The van der Waals surface area contributed by atoms with Gasteiger partial charge in [-0.05, 0) is 49.4 Å². The molecule has 10 heteroatoms. The summed E-state index contributed by atoms with van der Waals surface area (Å²) in [5.74, 6) is 0.515.